The van der Waals surface area contributed by atoms with E-state index in [1.54, 1.807) is 7.05 Å². The van der Waals surface area contributed by atoms with E-state index in [2.05, 4.69) is 36.5 Å². The summed E-state index contributed by atoms with van der Waals surface area (Å²) in [6.07, 6.45) is 1.05. The van der Waals surface area contributed by atoms with Gasteiger partial charge >= 0.3 is 5.69 Å². The Labute approximate surface area is 121 Å². The average molecular weight is 342 g/mol. The lowest BCUT2D eigenvalue weighted by Crippen LogP contribution is -2.05. The number of nitrogens with zero attached hydrogens (tertiary/aromatic N) is 3. The molecular formula is C11H9BrFN5O2. The summed E-state index contributed by atoms with van der Waals surface area (Å²) >= 11 is 3.20. The minimum absolute atomic E-state index is 0.0724. The van der Waals surface area contributed by atoms with Gasteiger partial charge in [-0.05, 0) is 18.2 Å². The van der Waals surface area contributed by atoms with Crippen LogP contribution in [0.5, 0.6) is 0 Å². The lowest BCUT2D eigenvalue weighted by atomic mass is 10.3. The standard InChI is InChI=1S/C11H9BrFN5O2/c1-14-11-15-5-9(18(19)20)10(17-11)16-8-4-6(12)2-3-7(8)13/h2-5H,1H3,(H2,14,15,16,17). The molecule has 2 rings (SSSR count). The lowest BCUT2D eigenvalue weighted by molar-refractivity contribution is -0.384. The zero-order chi connectivity index (χ0) is 14.7. The Balaban J connectivity index is 2.45. The van der Waals surface area contributed by atoms with Gasteiger partial charge in [-0.3, -0.25) is 10.1 Å². The zero-order valence-electron chi connectivity index (χ0n) is 10.2. The Morgan fingerprint density at radius 3 is 2.85 bits per heavy atom. The zero-order valence-corrected chi connectivity index (χ0v) is 11.8. The van der Waals surface area contributed by atoms with E-state index in [4.69, 9.17) is 0 Å². The second kappa shape index (κ2) is 5.78. The summed E-state index contributed by atoms with van der Waals surface area (Å²) in [6.45, 7) is 0. The van der Waals surface area contributed by atoms with Gasteiger partial charge in [0.05, 0.1) is 10.6 Å². The highest BCUT2D eigenvalue weighted by Gasteiger charge is 2.18. The molecular weight excluding hydrogens is 333 g/mol. The molecule has 0 fully saturated rings. The maximum Gasteiger partial charge on any atom is 0.329 e. The van der Waals surface area contributed by atoms with Crippen molar-refractivity contribution in [3.05, 3.63) is 44.8 Å². The van der Waals surface area contributed by atoms with Crippen LogP contribution in [0.4, 0.5) is 27.5 Å². The summed E-state index contributed by atoms with van der Waals surface area (Å²) in [6, 6.07) is 4.21. The number of hydrogen-bond donors (Lipinski definition) is 2. The quantitative estimate of drug-likeness (QED) is 0.655. The Kier molecular flexibility index (Phi) is 4.08. The van der Waals surface area contributed by atoms with Crippen molar-refractivity contribution in [2.24, 2.45) is 0 Å². The number of benzene rings is 1. The highest BCUT2D eigenvalue weighted by Crippen LogP contribution is 2.28. The molecule has 0 bridgehead atoms. The first kappa shape index (κ1) is 14.1. The van der Waals surface area contributed by atoms with Crippen molar-refractivity contribution in [3.8, 4) is 0 Å². The molecule has 0 radical (unpaired) electrons. The monoisotopic (exact) mass is 341 g/mol. The molecule has 0 aliphatic carbocycles. The van der Waals surface area contributed by atoms with Crippen LogP contribution in [0.3, 0.4) is 0 Å². The predicted molar refractivity (Wildman–Crippen MR) is 75.6 cm³/mol. The van der Waals surface area contributed by atoms with Crippen LogP contribution in [0, 0.1) is 15.9 Å². The lowest BCUT2D eigenvalue weighted by Gasteiger charge is -2.08. The molecule has 0 atom stereocenters. The molecule has 1 aromatic carbocycles. The van der Waals surface area contributed by atoms with Crippen molar-refractivity contribution < 1.29 is 9.31 Å². The predicted octanol–water partition coefficient (Wildman–Crippen LogP) is 3.07. The summed E-state index contributed by atoms with van der Waals surface area (Å²) in [5.41, 5.74) is -0.272. The number of rotatable bonds is 4. The van der Waals surface area contributed by atoms with Crippen LogP contribution in [0.2, 0.25) is 0 Å². The van der Waals surface area contributed by atoms with Crippen molar-refractivity contribution in [1.29, 1.82) is 0 Å². The Morgan fingerprint density at radius 2 is 2.20 bits per heavy atom. The summed E-state index contributed by atoms with van der Waals surface area (Å²) < 4.78 is 14.3. The van der Waals surface area contributed by atoms with Gasteiger partial charge in [-0.25, -0.2) is 9.37 Å². The smallest absolute Gasteiger partial charge is 0.329 e. The maximum atomic E-state index is 13.7. The second-order valence-corrected chi connectivity index (χ2v) is 4.60. The van der Waals surface area contributed by atoms with Gasteiger partial charge in [0.25, 0.3) is 0 Å². The molecule has 0 amide bonds. The molecule has 1 aromatic heterocycles. The summed E-state index contributed by atoms with van der Waals surface area (Å²) in [5, 5.41) is 16.2. The number of aromatic nitrogens is 2. The van der Waals surface area contributed by atoms with E-state index >= 15 is 0 Å². The molecule has 2 aromatic rings. The summed E-state index contributed by atoms with van der Waals surface area (Å²) in [7, 11) is 1.57. The van der Waals surface area contributed by atoms with Crippen molar-refractivity contribution in [3.63, 3.8) is 0 Å². The van der Waals surface area contributed by atoms with Crippen LogP contribution >= 0.6 is 15.9 Å². The molecule has 0 saturated carbocycles. The van der Waals surface area contributed by atoms with Crippen molar-refractivity contribution in [2.45, 2.75) is 0 Å². The molecule has 9 heteroatoms. The SMILES string of the molecule is CNc1ncc([N+](=O)[O-])c(Nc2cc(Br)ccc2F)n1. The number of anilines is 3. The minimum Gasteiger partial charge on any atom is -0.357 e. The molecule has 0 spiro atoms. The van der Waals surface area contributed by atoms with E-state index in [1.165, 1.54) is 18.2 Å². The van der Waals surface area contributed by atoms with Crippen LogP contribution in [0.1, 0.15) is 0 Å². The molecule has 0 aliphatic heterocycles. The molecule has 0 unspecified atom stereocenters. The van der Waals surface area contributed by atoms with Crippen LogP contribution in [-0.2, 0) is 0 Å². The van der Waals surface area contributed by atoms with Crippen molar-refractivity contribution in [1.82, 2.24) is 9.97 Å². The topological polar surface area (TPSA) is 93.0 Å². The average Bonchev–Trinajstić information content (AvgIpc) is 2.42. The van der Waals surface area contributed by atoms with E-state index in [1.807, 2.05) is 0 Å². The Bertz CT molecular complexity index is 667. The van der Waals surface area contributed by atoms with Gasteiger partial charge in [-0.15, -0.1) is 0 Å². The van der Waals surface area contributed by atoms with E-state index in [-0.39, 0.29) is 23.1 Å². The second-order valence-electron chi connectivity index (χ2n) is 3.68. The maximum absolute atomic E-state index is 13.7. The molecule has 20 heavy (non-hydrogen) atoms. The number of nitro groups is 1. The third kappa shape index (κ3) is 2.99. The fourth-order valence-corrected chi connectivity index (χ4v) is 1.80. The number of nitrogens with one attached hydrogen (secondary N) is 2. The first-order valence-corrected chi connectivity index (χ1v) is 6.22. The fraction of sp³-hybridized carbons (Fsp3) is 0.0909. The van der Waals surface area contributed by atoms with Crippen LogP contribution < -0.4 is 10.6 Å². The third-order valence-corrected chi connectivity index (χ3v) is 2.86. The normalized spacial score (nSPS) is 10.2. The third-order valence-electron chi connectivity index (χ3n) is 2.37. The van der Waals surface area contributed by atoms with Gasteiger partial charge in [-0.1, -0.05) is 15.9 Å². The first-order chi connectivity index (χ1) is 9.51. The van der Waals surface area contributed by atoms with Crippen molar-refractivity contribution in [2.75, 3.05) is 17.7 Å². The van der Waals surface area contributed by atoms with E-state index in [9.17, 15) is 14.5 Å². The van der Waals surface area contributed by atoms with E-state index in [0.29, 0.717) is 4.47 Å². The highest BCUT2D eigenvalue weighted by molar-refractivity contribution is 9.10. The van der Waals surface area contributed by atoms with Crippen LogP contribution in [0.25, 0.3) is 0 Å². The summed E-state index contributed by atoms with van der Waals surface area (Å²) in [5.74, 6) is -0.452. The van der Waals surface area contributed by atoms with Gasteiger partial charge in [0.1, 0.15) is 12.0 Å². The van der Waals surface area contributed by atoms with Gasteiger partial charge in [-0.2, -0.15) is 4.98 Å². The van der Waals surface area contributed by atoms with Gasteiger partial charge < -0.3 is 10.6 Å². The number of halogens is 2. The van der Waals surface area contributed by atoms with E-state index in [0.717, 1.165) is 6.20 Å². The van der Waals surface area contributed by atoms with Gasteiger partial charge in [0.2, 0.25) is 11.8 Å². The molecule has 7 nitrogen and oxygen atoms in total. The first-order valence-electron chi connectivity index (χ1n) is 5.42. The Morgan fingerprint density at radius 1 is 1.45 bits per heavy atom. The molecule has 104 valence electrons. The van der Waals surface area contributed by atoms with E-state index < -0.39 is 10.7 Å². The fourth-order valence-electron chi connectivity index (χ4n) is 1.44. The minimum atomic E-state index is -0.641. The molecule has 0 aliphatic rings. The largest absolute Gasteiger partial charge is 0.357 e. The van der Waals surface area contributed by atoms with Gasteiger partial charge in [0.15, 0.2) is 0 Å². The summed E-state index contributed by atoms with van der Waals surface area (Å²) in [4.78, 5) is 18.0. The Hall–Kier alpha value is -2.29. The van der Waals surface area contributed by atoms with Crippen molar-refractivity contribution >= 4 is 39.1 Å². The number of hydrogen-bond acceptors (Lipinski definition) is 6. The van der Waals surface area contributed by atoms with Gasteiger partial charge in [0, 0.05) is 11.5 Å². The molecule has 2 N–H and O–H groups in total. The molecule has 0 saturated heterocycles. The molecule has 1 heterocycles. The van der Waals surface area contributed by atoms with Crippen LogP contribution in [0.15, 0.2) is 28.9 Å². The van der Waals surface area contributed by atoms with Crippen LogP contribution in [-0.4, -0.2) is 21.9 Å². The highest BCUT2D eigenvalue weighted by atomic mass is 79.9.